The van der Waals surface area contributed by atoms with Gasteiger partial charge in [0.25, 0.3) is 0 Å². The first-order valence-corrected chi connectivity index (χ1v) is 11.0. The van der Waals surface area contributed by atoms with Crippen molar-refractivity contribution in [3.63, 3.8) is 0 Å². The molecule has 0 saturated carbocycles. The number of carbonyl (C=O) groups excluding carboxylic acids is 2. The Labute approximate surface area is 173 Å². The number of rotatable bonds is 6. The summed E-state index contributed by atoms with van der Waals surface area (Å²) in [6.45, 7) is 1.67. The molecule has 2 aromatic carbocycles. The van der Waals surface area contributed by atoms with E-state index in [0.29, 0.717) is 22.8 Å². The average Bonchev–Trinajstić information content (AvgIpc) is 3.11. The Morgan fingerprint density at radius 1 is 1.07 bits per heavy atom. The maximum atomic E-state index is 12.4. The first kappa shape index (κ1) is 19.6. The molecule has 0 atom stereocenters. The zero-order chi connectivity index (χ0) is 20.2. The van der Waals surface area contributed by atoms with E-state index in [1.165, 1.54) is 18.2 Å². The number of fused-ring (bicyclic) bond motifs is 3. The fourth-order valence-corrected chi connectivity index (χ4v) is 4.39. The summed E-state index contributed by atoms with van der Waals surface area (Å²) in [5.41, 5.74) is 2.04. The quantitative estimate of drug-likeness (QED) is 0.654. The number of methoxy groups -OCH3 is 1. The molecule has 1 aliphatic heterocycles. The highest BCUT2D eigenvalue weighted by atomic mass is 32.2. The number of likely N-dealkylation sites (tertiary alicyclic amines) is 1. The monoisotopic (exact) mass is 412 g/mol. The number of nitrogens with zero attached hydrogens (tertiary/aromatic N) is 1. The van der Waals surface area contributed by atoms with Crippen molar-refractivity contribution in [1.82, 2.24) is 4.90 Å². The summed E-state index contributed by atoms with van der Waals surface area (Å²) in [6, 6.07) is 11.5. The van der Waals surface area contributed by atoms with Crippen LogP contribution in [0.25, 0.3) is 21.9 Å². The lowest BCUT2D eigenvalue weighted by atomic mass is 10.1. The van der Waals surface area contributed by atoms with Crippen LogP contribution in [0.15, 0.2) is 40.8 Å². The normalized spacial score (nSPS) is 14.3. The molecule has 1 aliphatic rings. The second-order valence-corrected chi connectivity index (χ2v) is 8.11. The van der Waals surface area contributed by atoms with Crippen LogP contribution in [-0.2, 0) is 9.59 Å². The van der Waals surface area contributed by atoms with Gasteiger partial charge in [0.15, 0.2) is 0 Å². The molecule has 0 aliphatic carbocycles. The molecule has 2 heterocycles. The van der Waals surface area contributed by atoms with Gasteiger partial charge in [-0.1, -0.05) is 18.2 Å². The molecule has 29 heavy (non-hydrogen) atoms. The van der Waals surface area contributed by atoms with Gasteiger partial charge >= 0.3 is 0 Å². The molecule has 1 saturated heterocycles. The van der Waals surface area contributed by atoms with Crippen molar-refractivity contribution in [3.05, 3.63) is 36.4 Å². The van der Waals surface area contributed by atoms with Crippen molar-refractivity contribution in [2.24, 2.45) is 0 Å². The number of hydrogen-bond donors (Lipinski definition) is 1. The van der Waals surface area contributed by atoms with Gasteiger partial charge in [0.2, 0.25) is 11.8 Å². The van der Waals surface area contributed by atoms with Gasteiger partial charge in [-0.2, -0.15) is 0 Å². The lowest BCUT2D eigenvalue weighted by Gasteiger charge is -2.26. The number of hydrogen-bond acceptors (Lipinski definition) is 5. The molecule has 0 unspecified atom stereocenters. The SMILES string of the molecule is COc1cc2c(cc1NC(=O)CSCC(=O)N1CCCCC1)oc1ccccc12. The second-order valence-electron chi connectivity index (χ2n) is 7.13. The summed E-state index contributed by atoms with van der Waals surface area (Å²) in [5, 5.41) is 4.83. The van der Waals surface area contributed by atoms with E-state index in [-0.39, 0.29) is 17.6 Å². The highest BCUT2D eigenvalue weighted by molar-refractivity contribution is 8.00. The summed E-state index contributed by atoms with van der Waals surface area (Å²) in [4.78, 5) is 26.5. The van der Waals surface area contributed by atoms with Crippen molar-refractivity contribution in [1.29, 1.82) is 0 Å². The maximum absolute atomic E-state index is 12.4. The van der Waals surface area contributed by atoms with Crippen molar-refractivity contribution >= 4 is 51.2 Å². The Morgan fingerprint density at radius 2 is 1.86 bits per heavy atom. The number of benzene rings is 2. The molecule has 1 fully saturated rings. The molecule has 4 rings (SSSR count). The molecule has 152 valence electrons. The number of nitrogens with one attached hydrogen (secondary N) is 1. The van der Waals surface area contributed by atoms with Crippen LogP contribution in [-0.4, -0.2) is 48.4 Å². The van der Waals surface area contributed by atoms with Gasteiger partial charge in [0.05, 0.1) is 24.3 Å². The van der Waals surface area contributed by atoms with E-state index >= 15 is 0 Å². The highest BCUT2D eigenvalue weighted by Gasteiger charge is 2.17. The number of ether oxygens (including phenoxy) is 1. The molecule has 1 N–H and O–H groups in total. The minimum absolute atomic E-state index is 0.115. The zero-order valence-corrected chi connectivity index (χ0v) is 17.2. The Hall–Kier alpha value is -2.67. The van der Waals surface area contributed by atoms with Crippen LogP contribution in [0.5, 0.6) is 5.75 Å². The van der Waals surface area contributed by atoms with Crippen LogP contribution in [0.2, 0.25) is 0 Å². The molecule has 0 bridgehead atoms. The fraction of sp³-hybridized carbons (Fsp3) is 0.364. The van der Waals surface area contributed by atoms with E-state index in [9.17, 15) is 9.59 Å². The standard InChI is InChI=1S/C22H24N2O4S/c1-27-20-11-16-15-7-3-4-8-18(15)28-19(16)12-17(20)23-21(25)13-29-14-22(26)24-9-5-2-6-10-24/h3-4,7-8,11-12H,2,5-6,9-10,13-14H2,1H3,(H,23,25). The van der Waals surface area contributed by atoms with E-state index in [1.807, 2.05) is 35.2 Å². The predicted molar refractivity (Wildman–Crippen MR) is 117 cm³/mol. The topological polar surface area (TPSA) is 71.8 Å². The van der Waals surface area contributed by atoms with Gasteiger partial charge in [-0.05, 0) is 31.4 Å². The Kier molecular flexibility index (Phi) is 5.94. The number of anilines is 1. The van der Waals surface area contributed by atoms with Gasteiger partial charge in [0, 0.05) is 29.9 Å². The molecule has 1 aromatic heterocycles. The van der Waals surface area contributed by atoms with E-state index in [4.69, 9.17) is 9.15 Å². The highest BCUT2D eigenvalue weighted by Crippen LogP contribution is 2.36. The number of thioether (sulfide) groups is 1. The molecule has 3 aromatic rings. The predicted octanol–water partition coefficient (Wildman–Crippen LogP) is 4.28. The van der Waals surface area contributed by atoms with Gasteiger partial charge in [-0.15, -0.1) is 11.8 Å². The third-order valence-electron chi connectivity index (χ3n) is 5.14. The molecule has 2 amide bonds. The van der Waals surface area contributed by atoms with Gasteiger partial charge < -0.3 is 19.4 Å². The van der Waals surface area contributed by atoms with Crippen LogP contribution < -0.4 is 10.1 Å². The third-order valence-corrected chi connectivity index (χ3v) is 6.06. The van der Waals surface area contributed by atoms with Crippen LogP contribution in [0.3, 0.4) is 0 Å². The Morgan fingerprint density at radius 3 is 2.66 bits per heavy atom. The molecule has 7 heteroatoms. The third kappa shape index (κ3) is 4.34. The first-order chi connectivity index (χ1) is 14.2. The molecule has 6 nitrogen and oxygen atoms in total. The van der Waals surface area contributed by atoms with Crippen LogP contribution >= 0.6 is 11.8 Å². The molecular formula is C22H24N2O4S. The number of carbonyl (C=O) groups is 2. The first-order valence-electron chi connectivity index (χ1n) is 9.80. The Balaban J connectivity index is 1.40. The minimum Gasteiger partial charge on any atom is -0.495 e. The maximum Gasteiger partial charge on any atom is 0.234 e. The lowest BCUT2D eigenvalue weighted by molar-refractivity contribution is -0.129. The van der Waals surface area contributed by atoms with Crippen molar-refractivity contribution < 1.29 is 18.7 Å². The van der Waals surface area contributed by atoms with Crippen molar-refractivity contribution in [3.8, 4) is 5.75 Å². The molecule has 0 radical (unpaired) electrons. The number of amides is 2. The van der Waals surface area contributed by atoms with Crippen LogP contribution in [0.1, 0.15) is 19.3 Å². The van der Waals surface area contributed by atoms with E-state index in [1.54, 1.807) is 13.2 Å². The summed E-state index contributed by atoms with van der Waals surface area (Å²) in [6.07, 6.45) is 3.33. The second kappa shape index (κ2) is 8.78. The van der Waals surface area contributed by atoms with E-state index < -0.39 is 0 Å². The van der Waals surface area contributed by atoms with Crippen LogP contribution in [0, 0.1) is 0 Å². The molecule has 0 spiro atoms. The number of furan rings is 1. The van der Waals surface area contributed by atoms with Gasteiger partial charge in [0.1, 0.15) is 16.9 Å². The summed E-state index contributed by atoms with van der Waals surface area (Å²) >= 11 is 1.34. The van der Waals surface area contributed by atoms with E-state index in [2.05, 4.69) is 5.32 Å². The summed E-state index contributed by atoms with van der Waals surface area (Å²) in [5.74, 6) is 1.06. The number of piperidine rings is 1. The molecular weight excluding hydrogens is 388 g/mol. The fourth-order valence-electron chi connectivity index (χ4n) is 3.67. The van der Waals surface area contributed by atoms with Crippen molar-refractivity contribution in [2.45, 2.75) is 19.3 Å². The zero-order valence-electron chi connectivity index (χ0n) is 16.4. The minimum atomic E-state index is -0.171. The summed E-state index contributed by atoms with van der Waals surface area (Å²) in [7, 11) is 1.57. The lowest BCUT2D eigenvalue weighted by Crippen LogP contribution is -2.37. The average molecular weight is 413 g/mol. The van der Waals surface area contributed by atoms with Crippen LogP contribution in [0.4, 0.5) is 5.69 Å². The number of para-hydroxylation sites is 1. The largest absolute Gasteiger partial charge is 0.495 e. The van der Waals surface area contributed by atoms with E-state index in [0.717, 1.165) is 42.3 Å². The summed E-state index contributed by atoms with van der Waals surface area (Å²) < 4.78 is 11.4. The Bertz CT molecular complexity index is 1040. The van der Waals surface area contributed by atoms with Gasteiger partial charge in [-0.3, -0.25) is 9.59 Å². The smallest absolute Gasteiger partial charge is 0.234 e. The van der Waals surface area contributed by atoms with Gasteiger partial charge in [-0.25, -0.2) is 0 Å². The van der Waals surface area contributed by atoms with Crippen molar-refractivity contribution in [2.75, 3.05) is 37.0 Å².